The average Bonchev–Trinajstić information content (AvgIpc) is 2.66. The van der Waals surface area contributed by atoms with E-state index in [1.165, 1.54) is 6.07 Å². The topological polar surface area (TPSA) is 29.5 Å². The predicted molar refractivity (Wildman–Crippen MR) is 113 cm³/mol. The van der Waals surface area contributed by atoms with Gasteiger partial charge in [0.2, 0.25) is 0 Å². The lowest BCUT2D eigenvalue weighted by Gasteiger charge is -2.32. The van der Waals surface area contributed by atoms with Gasteiger partial charge in [-0.3, -0.25) is 4.90 Å². The average molecular weight is 422 g/mol. The zero-order valence-corrected chi connectivity index (χ0v) is 18.2. The molecule has 2 rings (SSSR count). The molecule has 0 N–H and O–H groups in total. The number of carbonyl (C=O) groups is 1. The molecule has 3 nitrogen and oxygen atoms in total. The number of hydrogen-bond acceptors (Lipinski definition) is 3. The van der Waals surface area contributed by atoms with E-state index in [1.54, 1.807) is 6.07 Å². The fourth-order valence-electron chi connectivity index (χ4n) is 3.77. The molecule has 30 heavy (non-hydrogen) atoms. The van der Waals surface area contributed by atoms with Crippen molar-refractivity contribution in [2.75, 3.05) is 6.54 Å². The van der Waals surface area contributed by atoms with Gasteiger partial charge in [0.25, 0.3) is 0 Å². The van der Waals surface area contributed by atoms with Crippen LogP contribution in [-0.2, 0) is 4.79 Å². The van der Waals surface area contributed by atoms with E-state index in [2.05, 4.69) is 32.6 Å². The Balaban J connectivity index is 2.46. The Morgan fingerprint density at radius 1 is 1.00 bits per heavy atom. The molecule has 0 amide bonds. The number of aryl methyl sites for hydroxylation is 1. The molecule has 0 aliphatic heterocycles. The summed E-state index contributed by atoms with van der Waals surface area (Å²) >= 11 is 0. The molecule has 0 saturated carbocycles. The molecule has 1 atom stereocenters. The largest absolute Gasteiger partial charge is 0.491 e. The van der Waals surface area contributed by atoms with Crippen LogP contribution < -0.4 is 4.74 Å². The molecule has 0 aliphatic carbocycles. The fourth-order valence-corrected chi connectivity index (χ4v) is 3.77. The quantitative estimate of drug-likeness (QED) is 0.381. The van der Waals surface area contributed by atoms with Crippen LogP contribution in [0, 0.1) is 6.92 Å². The third-order valence-corrected chi connectivity index (χ3v) is 5.18. The van der Waals surface area contributed by atoms with Crippen molar-refractivity contribution in [1.82, 2.24) is 4.90 Å². The van der Waals surface area contributed by atoms with E-state index in [-0.39, 0.29) is 11.7 Å². The molecule has 0 bridgehead atoms. The summed E-state index contributed by atoms with van der Waals surface area (Å²) < 4.78 is 43.3. The number of rotatable bonds is 8. The number of alkyl halides is 3. The highest BCUT2D eigenvalue weighted by Gasteiger charge is 2.42. The Morgan fingerprint density at radius 2 is 1.60 bits per heavy atom. The maximum atomic E-state index is 12.8. The Kier molecular flexibility index (Phi) is 8.07. The lowest BCUT2D eigenvalue weighted by molar-refractivity contribution is -0.189. The summed E-state index contributed by atoms with van der Waals surface area (Å²) in [4.78, 5) is 13.9. The minimum atomic E-state index is -5.05. The van der Waals surface area contributed by atoms with Crippen LogP contribution in [0.2, 0.25) is 0 Å². The zero-order valence-electron chi connectivity index (χ0n) is 18.2. The first-order chi connectivity index (χ1) is 14.0. The second-order valence-electron chi connectivity index (χ2n) is 8.11. The van der Waals surface area contributed by atoms with Crippen molar-refractivity contribution in [3.05, 3.63) is 65.2 Å². The number of carbonyl (C=O) groups excluding carboxylic acids is 1. The SMILES string of the molecule is Cc1ccc(OC(=O)C(F)(F)F)c(C(CCN(C(C)C)C(C)C)c2ccccc2)c1. The Morgan fingerprint density at radius 3 is 2.13 bits per heavy atom. The van der Waals surface area contributed by atoms with Crippen LogP contribution >= 0.6 is 0 Å². The second kappa shape index (κ2) is 10.1. The van der Waals surface area contributed by atoms with E-state index >= 15 is 0 Å². The first-order valence-corrected chi connectivity index (χ1v) is 10.2. The molecule has 0 aromatic heterocycles. The normalized spacial score (nSPS) is 13.2. The Labute approximate surface area is 176 Å². The standard InChI is InChI=1S/C24H30F3NO2/c1-16(2)28(17(3)4)14-13-20(19-9-7-6-8-10-19)21-15-18(5)11-12-22(21)30-23(29)24(25,26)27/h6-12,15-17,20H,13-14H2,1-5H3. The van der Waals surface area contributed by atoms with Crippen molar-refractivity contribution in [3.63, 3.8) is 0 Å². The molecule has 0 saturated heterocycles. The molecular formula is C24H30F3NO2. The lowest BCUT2D eigenvalue weighted by Crippen LogP contribution is -2.38. The molecule has 0 spiro atoms. The summed E-state index contributed by atoms with van der Waals surface area (Å²) in [6.45, 7) is 11.1. The van der Waals surface area contributed by atoms with Gasteiger partial charge in [-0.05, 0) is 59.2 Å². The van der Waals surface area contributed by atoms with Crippen LogP contribution in [0.5, 0.6) is 5.75 Å². The molecular weight excluding hydrogens is 391 g/mol. The monoisotopic (exact) mass is 421 g/mol. The van der Waals surface area contributed by atoms with Crippen molar-refractivity contribution in [3.8, 4) is 5.75 Å². The van der Waals surface area contributed by atoms with E-state index < -0.39 is 12.1 Å². The summed E-state index contributed by atoms with van der Waals surface area (Å²) in [5.74, 6) is -2.45. The van der Waals surface area contributed by atoms with Crippen molar-refractivity contribution in [1.29, 1.82) is 0 Å². The number of ether oxygens (including phenoxy) is 1. The first-order valence-electron chi connectivity index (χ1n) is 10.2. The summed E-state index contributed by atoms with van der Waals surface area (Å²) in [5, 5.41) is 0. The highest BCUT2D eigenvalue weighted by molar-refractivity contribution is 5.78. The summed E-state index contributed by atoms with van der Waals surface area (Å²) in [6.07, 6.45) is -4.36. The van der Waals surface area contributed by atoms with Gasteiger partial charge in [0.05, 0.1) is 0 Å². The van der Waals surface area contributed by atoms with Crippen LogP contribution in [-0.4, -0.2) is 35.7 Å². The molecule has 1 unspecified atom stereocenters. The second-order valence-corrected chi connectivity index (χ2v) is 8.11. The third-order valence-electron chi connectivity index (χ3n) is 5.18. The maximum Gasteiger partial charge on any atom is 0.491 e. The van der Waals surface area contributed by atoms with Crippen LogP contribution in [0.3, 0.4) is 0 Å². The summed E-state index contributed by atoms with van der Waals surface area (Å²) in [6, 6.07) is 15.2. The van der Waals surface area contributed by atoms with Gasteiger partial charge in [0.15, 0.2) is 0 Å². The van der Waals surface area contributed by atoms with Crippen LogP contribution in [0.1, 0.15) is 56.7 Å². The van der Waals surface area contributed by atoms with Crippen molar-refractivity contribution < 1.29 is 22.7 Å². The van der Waals surface area contributed by atoms with Gasteiger partial charge in [-0.2, -0.15) is 13.2 Å². The number of halogens is 3. The smallest absolute Gasteiger partial charge is 0.420 e. The van der Waals surface area contributed by atoms with Gasteiger partial charge in [0.1, 0.15) is 5.75 Å². The fraction of sp³-hybridized carbons (Fsp3) is 0.458. The third kappa shape index (κ3) is 6.33. The molecule has 0 radical (unpaired) electrons. The molecule has 0 aliphatic rings. The molecule has 2 aromatic carbocycles. The van der Waals surface area contributed by atoms with Crippen molar-refractivity contribution in [2.45, 2.75) is 65.2 Å². The highest BCUT2D eigenvalue weighted by atomic mass is 19.4. The van der Waals surface area contributed by atoms with Gasteiger partial charge >= 0.3 is 12.1 Å². The van der Waals surface area contributed by atoms with Gasteiger partial charge in [0, 0.05) is 23.6 Å². The molecule has 0 heterocycles. The van der Waals surface area contributed by atoms with E-state index in [0.717, 1.165) is 17.7 Å². The zero-order chi connectivity index (χ0) is 22.5. The van der Waals surface area contributed by atoms with Crippen molar-refractivity contribution >= 4 is 5.97 Å². The molecule has 6 heteroatoms. The minimum absolute atomic E-state index is 0.0441. The van der Waals surface area contributed by atoms with Crippen molar-refractivity contribution in [2.24, 2.45) is 0 Å². The van der Waals surface area contributed by atoms with Gasteiger partial charge in [-0.25, -0.2) is 4.79 Å². The van der Waals surface area contributed by atoms with Gasteiger partial charge < -0.3 is 4.74 Å². The molecule has 2 aromatic rings. The minimum Gasteiger partial charge on any atom is -0.420 e. The maximum absolute atomic E-state index is 12.8. The Hall–Kier alpha value is -2.34. The Bertz CT molecular complexity index is 824. The number of hydrogen-bond donors (Lipinski definition) is 0. The van der Waals surface area contributed by atoms with Gasteiger partial charge in [-0.15, -0.1) is 0 Å². The predicted octanol–water partition coefficient (Wildman–Crippen LogP) is 6.10. The summed E-state index contributed by atoms with van der Waals surface area (Å²) in [7, 11) is 0. The lowest BCUT2D eigenvalue weighted by atomic mass is 9.86. The van der Waals surface area contributed by atoms with E-state index in [9.17, 15) is 18.0 Å². The van der Waals surface area contributed by atoms with E-state index in [1.807, 2.05) is 43.3 Å². The molecule has 164 valence electrons. The summed E-state index contributed by atoms with van der Waals surface area (Å²) in [5.41, 5.74) is 2.45. The number of benzene rings is 2. The van der Waals surface area contributed by atoms with E-state index in [4.69, 9.17) is 4.74 Å². The molecule has 0 fully saturated rings. The first kappa shape index (κ1) is 23.9. The van der Waals surface area contributed by atoms with Crippen LogP contribution in [0.15, 0.2) is 48.5 Å². The van der Waals surface area contributed by atoms with Crippen LogP contribution in [0.4, 0.5) is 13.2 Å². The number of nitrogens with zero attached hydrogens (tertiary/aromatic N) is 1. The van der Waals surface area contributed by atoms with E-state index in [0.29, 0.717) is 24.1 Å². The number of esters is 1. The highest BCUT2D eigenvalue weighted by Crippen LogP contribution is 2.36. The van der Waals surface area contributed by atoms with Gasteiger partial charge in [-0.1, -0.05) is 48.0 Å². The van der Waals surface area contributed by atoms with Crippen LogP contribution in [0.25, 0.3) is 0 Å².